The zero-order valence-corrected chi connectivity index (χ0v) is 11.4. The average Bonchev–Trinajstić information content (AvgIpc) is 2.96. The number of anilines is 1. The van der Waals surface area contributed by atoms with Crippen molar-refractivity contribution in [1.82, 2.24) is 14.5 Å². The number of aromatic nitrogens is 2. The summed E-state index contributed by atoms with van der Waals surface area (Å²) < 4.78 is 3.98. The number of rotatable bonds is 6. The fourth-order valence-corrected chi connectivity index (χ4v) is 2.70. The molecule has 1 aromatic heterocycles. The summed E-state index contributed by atoms with van der Waals surface area (Å²) in [5, 5.41) is 8.52. The summed E-state index contributed by atoms with van der Waals surface area (Å²) in [5.74, 6) is -0.207. The molecule has 1 atom stereocenters. The Kier molecular flexibility index (Phi) is 4.48. The topological polar surface area (TPSA) is 84.1 Å². The third-order valence-corrected chi connectivity index (χ3v) is 3.87. The van der Waals surface area contributed by atoms with Crippen molar-refractivity contribution < 1.29 is 4.79 Å². The van der Waals surface area contributed by atoms with E-state index in [-0.39, 0.29) is 11.8 Å². The first-order valence-electron chi connectivity index (χ1n) is 6.27. The molecule has 0 spiro atoms. The van der Waals surface area contributed by atoms with Crippen LogP contribution in [0.3, 0.4) is 0 Å². The molecule has 2 heterocycles. The highest BCUT2D eigenvalue weighted by atomic mass is 32.1. The van der Waals surface area contributed by atoms with Crippen LogP contribution in [0.4, 0.5) is 5.00 Å². The van der Waals surface area contributed by atoms with E-state index in [0.717, 1.165) is 49.7 Å². The largest absolute Gasteiger partial charge is 0.374 e. The first-order valence-corrected chi connectivity index (χ1v) is 7.04. The minimum atomic E-state index is -0.196. The SMILES string of the molecule is CCCNc1snnc1CN1CCC(C(N)=O)C1. The normalized spacial score (nSPS) is 20.2. The number of carbonyl (C=O) groups is 1. The fraction of sp³-hybridized carbons (Fsp3) is 0.727. The highest BCUT2D eigenvalue weighted by molar-refractivity contribution is 7.10. The minimum absolute atomic E-state index is 0.0105. The first-order chi connectivity index (χ1) is 8.70. The molecule has 100 valence electrons. The van der Waals surface area contributed by atoms with E-state index in [0.29, 0.717) is 0 Å². The van der Waals surface area contributed by atoms with E-state index < -0.39 is 0 Å². The second-order valence-electron chi connectivity index (χ2n) is 4.60. The summed E-state index contributed by atoms with van der Waals surface area (Å²) >= 11 is 1.39. The smallest absolute Gasteiger partial charge is 0.221 e. The molecular formula is C11H19N5OS. The molecule has 0 saturated carbocycles. The number of nitrogens with two attached hydrogens (primary N) is 1. The first kappa shape index (κ1) is 13.2. The Morgan fingerprint density at radius 2 is 2.50 bits per heavy atom. The zero-order chi connectivity index (χ0) is 13.0. The van der Waals surface area contributed by atoms with Gasteiger partial charge in [-0.2, -0.15) is 0 Å². The van der Waals surface area contributed by atoms with Crippen molar-refractivity contribution in [3.05, 3.63) is 5.69 Å². The molecule has 0 aliphatic carbocycles. The van der Waals surface area contributed by atoms with Gasteiger partial charge < -0.3 is 11.1 Å². The summed E-state index contributed by atoms with van der Waals surface area (Å²) in [6.45, 7) is 5.44. The van der Waals surface area contributed by atoms with E-state index in [9.17, 15) is 4.79 Å². The van der Waals surface area contributed by atoms with Crippen molar-refractivity contribution in [2.75, 3.05) is 25.0 Å². The maximum absolute atomic E-state index is 11.1. The lowest BCUT2D eigenvalue weighted by Gasteiger charge is -2.14. The molecule has 0 bridgehead atoms. The van der Waals surface area contributed by atoms with Crippen LogP contribution >= 0.6 is 11.5 Å². The Balaban J connectivity index is 1.90. The maximum atomic E-state index is 11.1. The third-order valence-electron chi connectivity index (χ3n) is 3.14. The number of primary amides is 1. The minimum Gasteiger partial charge on any atom is -0.374 e. The van der Waals surface area contributed by atoms with Crippen LogP contribution in [0.5, 0.6) is 0 Å². The van der Waals surface area contributed by atoms with Gasteiger partial charge in [0, 0.05) is 31.2 Å². The summed E-state index contributed by atoms with van der Waals surface area (Å²) in [5.41, 5.74) is 6.30. The molecule has 1 aliphatic rings. The van der Waals surface area contributed by atoms with Crippen molar-refractivity contribution in [3.63, 3.8) is 0 Å². The Morgan fingerprint density at radius 3 is 3.17 bits per heavy atom. The second kappa shape index (κ2) is 6.10. The monoisotopic (exact) mass is 269 g/mol. The Hall–Kier alpha value is -1.21. The van der Waals surface area contributed by atoms with Crippen molar-refractivity contribution in [3.8, 4) is 0 Å². The maximum Gasteiger partial charge on any atom is 0.221 e. The van der Waals surface area contributed by atoms with Crippen LogP contribution in [-0.2, 0) is 11.3 Å². The van der Waals surface area contributed by atoms with Crippen molar-refractivity contribution >= 4 is 22.4 Å². The van der Waals surface area contributed by atoms with Crippen LogP contribution in [0, 0.1) is 5.92 Å². The van der Waals surface area contributed by atoms with Gasteiger partial charge in [0.05, 0.1) is 5.92 Å². The summed E-state index contributed by atoms with van der Waals surface area (Å²) in [4.78, 5) is 13.3. The summed E-state index contributed by atoms with van der Waals surface area (Å²) in [7, 11) is 0. The molecule has 1 saturated heterocycles. The number of nitrogens with one attached hydrogen (secondary N) is 1. The van der Waals surface area contributed by atoms with Gasteiger partial charge in [-0.1, -0.05) is 11.4 Å². The number of amides is 1. The van der Waals surface area contributed by atoms with Gasteiger partial charge in [-0.25, -0.2) is 0 Å². The van der Waals surface area contributed by atoms with Gasteiger partial charge in [0.25, 0.3) is 0 Å². The van der Waals surface area contributed by atoms with E-state index in [1.807, 2.05) is 0 Å². The molecule has 1 aromatic rings. The van der Waals surface area contributed by atoms with Crippen LogP contribution in [-0.4, -0.2) is 40.0 Å². The van der Waals surface area contributed by atoms with Crippen LogP contribution in [0.2, 0.25) is 0 Å². The van der Waals surface area contributed by atoms with Gasteiger partial charge >= 0.3 is 0 Å². The molecule has 0 radical (unpaired) electrons. The van der Waals surface area contributed by atoms with Crippen molar-refractivity contribution in [2.24, 2.45) is 11.7 Å². The third kappa shape index (κ3) is 3.17. The van der Waals surface area contributed by atoms with E-state index in [2.05, 4.69) is 26.7 Å². The van der Waals surface area contributed by atoms with Gasteiger partial charge in [0.2, 0.25) is 5.91 Å². The van der Waals surface area contributed by atoms with Gasteiger partial charge in [-0.05, 0) is 19.4 Å². The summed E-state index contributed by atoms with van der Waals surface area (Å²) in [6.07, 6.45) is 1.93. The lowest BCUT2D eigenvalue weighted by Crippen LogP contribution is -2.27. The fourth-order valence-electron chi connectivity index (χ4n) is 2.11. The highest BCUT2D eigenvalue weighted by Gasteiger charge is 2.27. The summed E-state index contributed by atoms with van der Waals surface area (Å²) in [6, 6.07) is 0. The quantitative estimate of drug-likeness (QED) is 0.793. The van der Waals surface area contributed by atoms with Crippen LogP contribution in [0.15, 0.2) is 0 Å². The standard InChI is InChI=1S/C11H19N5OS/c1-2-4-13-11-9(14-15-18-11)7-16-5-3-8(6-16)10(12)17/h8,13H,2-7H2,1H3,(H2,12,17). The van der Waals surface area contributed by atoms with E-state index in [1.54, 1.807) is 0 Å². The van der Waals surface area contributed by atoms with Crippen molar-refractivity contribution in [2.45, 2.75) is 26.3 Å². The Bertz CT molecular complexity index is 408. The second-order valence-corrected chi connectivity index (χ2v) is 5.35. The zero-order valence-electron chi connectivity index (χ0n) is 10.6. The number of nitrogens with zero attached hydrogens (tertiary/aromatic N) is 3. The number of hydrogen-bond donors (Lipinski definition) is 2. The van der Waals surface area contributed by atoms with Crippen molar-refractivity contribution in [1.29, 1.82) is 0 Å². The van der Waals surface area contributed by atoms with E-state index in [4.69, 9.17) is 5.73 Å². The van der Waals surface area contributed by atoms with Crippen LogP contribution in [0.25, 0.3) is 0 Å². The predicted molar refractivity (Wildman–Crippen MR) is 71.3 cm³/mol. The molecule has 18 heavy (non-hydrogen) atoms. The average molecular weight is 269 g/mol. The molecule has 1 amide bonds. The number of carbonyl (C=O) groups excluding carboxylic acids is 1. The van der Waals surface area contributed by atoms with Gasteiger partial charge in [-0.15, -0.1) is 5.10 Å². The molecule has 1 fully saturated rings. The van der Waals surface area contributed by atoms with Gasteiger partial charge in [0.1, 0.15) is 10.7 Å². The van der Waals surface area contributed by atoms with Crippen LogP contribution in [0.1, 0.15) is 25.5 Å². The molecule has 3 N–H and O–H groups in total. The molecule has 0 aromatic carbocycles. The molecule has 1 aliphatic heterocycles. The molecule has 7 heteroatoms. The Labute approximate surface area is 111 Å². The molecule has 2 rings (SSSR count). The molecule has 1 unspecified atom stereocenters. The number of likely N-dealkylation sites (tertiary alicyclic amines) is 1. The lowest BCUT2D eigenvalue weighted by atomic mass is 10.1. The number of hydrogen-bond acceptors (Lipinski definition) is 6. The van der Waals surface area contributed by atoms with Crippen LogP contribution < -0.4 is 11.1 Å². The molecule has 6 nitrogen and oxygen atoms in total. The lowest BCUT2D eigenvalue weighted by molar-refractivity contribution is -0.121. The van der Waals surface area contributed by atoms with E-state index >= 15 is 0 Å². The van der Waals surface area contributed by atoms with E-state index in [1.165, 1.54) is 11.5 Å². The Morgan fingerprint density at radius 1 is 1.67 bits per heavy atom. The predicted octanol–water partition coefficient (Wildman–Crippen LogP) is 0.667. The highest BCUT2D eigenvalue weighted by Crippen LogP contribution is 2.23. The molecular weight excluding hydrogens is 250 g/mol. The van der Waals surface area contributed by atoms with Gasteiger partial charge in [-0.3, -0.25) is 9.69 Å². The van der Waals surface area contributed by atoms with Gasteiger partial charge in [0.15, 0.2) is 0 Å².